The van der Waals surface area contributed by atoms with E-state index in [4.69, 9.17) is 4.98 Å². The van der Waals surface area contributed by atoms with Crippen molar-refractivity contribution in [3.63, 3.8) is 0 Å². The van der Waals surface area contributed by atoms with Crippen LogP contribution in [0.3, 0.4) is 0 Å². The molecule has 2 heterocycles. The van der Waals surface area contributed by atoms with E-state index in [1.807, 2.05) is 58.9 Å². The molecule has 1 aliphatic rings. The highest BCUT2D eigenvalue weighted by Crippen LogP contribution is 2.33. The number of hydrogen-bond donors (Lipinski definition) is 3. The molecule has 0 spiro atoms. The Balaban J connectivity index is 1.53. The van der Waals surface area contributed by atoms with Crippen molar-refractivity contribution in [1.29, 1.82) is 0 Å². The van der Waals surface area contributed by atoms with E-state index in [0.717, 1.165) is 63.8 Å². The van der Waals surface area contributed by atoms with E-state index in [-0.39, 0.29) is 6.61 Å². The van der Waals surface area contributed by atoms with Gasteiger partial charge >= 0.3 is 0 Å². The number of benzene rings is 2. The molecule has 0 radical (unpaired) electrons. The number of aryl methyl sites for hydroxylation is 1. The van der Waals surface area contributed by atoms with Crippen LogP contribution in [0.1, 0.15) is 17.5 Å². The Morgan fingerprint density at radius 2 is 2.00 bits per heavy atom. The molecule has 3 N–H and O–H groups in total. The average Bonchev–Trinajstić information content (AvgIpc) is 3.40. The van der Waals surface area contributed by atoms with Crippen LogP contribution in [-0.2, 0) is 6.42 Å². The van der Waals surface area contributed by atoms with Crippen LogP contribution in [0.15, 0.2) is 66.2 Å². The zero-order chi connectivity index (χ0) is 22.1. The molecule has 0 amide bonds. The second kappa shape index (κ2) is 8.32. The van der Waals surface area contributed by atoms with Crippen molar-refractivity contribution >= 4 is 28.6 Å². The normalized spacial score (nSPS) is 14.1. The second-order valence-electron chi connectivity index (χ2n) is 7.85. The van der Waals surface area contributed by atoms with E-state index in [1.165, 1.54) is 0 Å². The molecule has 2 aromatic heterocycles. The predicted octanol–water partition coefficient (Wildman–Crippen LogP) is 3.69. The van der Waals surface area contributed by atoms with Gasteiger partial charge < -0.3 is 20.5 Å². The smallest absolute Gasteiger partial charge is 0.157 e. The Bertz CT molecular complexity index is 1300. The average molecular weight is 428 g/mol. The SMILES string of the molecule is CN(CCO)c1ccc(-c2nc3cnccn3c2Nc2ccc3c(c2)CC/C3=N\O)cc1. The molecule has 5 rings (SSSR count). The number of nitrogens with one attached hydrogen (secondary N) is 1. The monoisotopic (exact) mass is 428 g/mol. The third-order valence-corrected chi connectivity index (χ3v) is 5.88. The predicted molar refractivity (Wildman–Crippen MR) is 125 cm³/mol. The molecule has 0 saturated carbocycles. The maximum Gasteiger partial charge on any atom is 0.157 e. The van der Waals surface area contributed by atoms with Gasteiger partial charge in [-0.25, -0.2) is 4.98 Å². The second-order valence-corrected chi connectivity index (χ2v) is 7.85. The first kappa shape index (κ1) is 20.0. The lowest BCUT2D eigenvalue weighted by Crippen LogP contribution is -2.20. The minimum Gasteiger partial charge on any atom is -0.411 e. The molecule has 0 fully saturated rings. The molecule has 0 aliphatic heterocycles. The molecule has 32 heavy (non-hydrogen) atoms. The summed E-state index contributed by atoms with van der Waals surface area (Å²) in [6.07, 6.45) is 6.98. The summed E-state index contributed by atoms with van der Waals surface area (Å²) in [5, 5.41) is 25.3. The summed E-state index contributed by atoms with van der Waals surface area (Å²) in [7, 11) is 1.95. The number of aliphatic hydroxyl groups is 1. The fourth-order valence-electron chi connectivity index (χ4n) is 4.17. The van der Waals surface area contributed by atoms with Crippen molar-refractivity contribution in [3.8, 4) is 11.3 Å². The van der Waals surface area contributed by atoms with Crippen LogP contribution in [0.2, 0.25) is 0 Å². The standard InChI is InChI=1S/C24H24N6O2/c1-29(12-13-31)19-6-2-16(3-7-19)23-24(30-11-10-25-15-22(30)27-23)26-18-5-8-20-17(14-18)4-9-21(20)28-32/h2-3,5-8,10-11,14-15,26,31-32H,4,9,12-13H2,1H3/b28-21+. The quantitative estimate of drug-likeness (QED) is 0.320. The van der Waals surface area contributed by atoms with Gasteiger partial charge in [0.15, 0.2) is 5.65 Å². The maximum absolute atomic E-state index is 9.19. The lowest BCUT2D eigenvalue weighted by atomic mass is 10.1. The number of likely N-dealkylation sites (N-methyl/N-ethyl adjacent to an activating group) is 1. The fourth-order valence-corrected chi connectivity index (χ4v) is 4.17. The molecule has 8 nitrogen and oxygen atoms in total. The van der Waals surface area contributed by atoms with Crippen LogP contribution < -0.4 is 10.2 Å². The van der Waals surface area contributed by atoms with Crippen LogP contribution >= 0.6 is 0 Å². The molecule has 0 saturated heterocycles. The van der Waals surface area contributed by atoms with Gasteiger partial charge in [-0.05, 0) is 42.7 Å². The number of aromatic nitrogens is 3. The van der Waals surface area contributed by atoms with Crippen LogP contribution in [0, 0.1) is 0 Å². The molecular weight excluding hydrogens is 404 g/mol. The van der Waals surface area contributed by atoms with Crippen LogP contribution in [0.4, 0.5) is 17.2 Å². The van der Waals surface area contributed by atoms with Crippen molar-refractivity contribution in [2.45, 2.75) is 12.8 Å². The zero-order valence-corrected chi connectivity index (χ0v) is 17.7. The minimum absolute atomic E-state index is 0.109. The third kappa shape index (κ3) is 3.54. The van der Waals surface area contributed by atoms with Gasteiger partial charge in [-0.3, -0.25) is 9.38 Å². The maximum atomic E-state index is 9.19. The Kier molecular flexibility index (Phi) is 5.20. The lowest BCUT2D eigenvalue weighted by Gasteiger charge is -2.18. The van der Waals surface area contributed by atoms with Crippen molar-refractivity contribution in [2.75, 3.05) is 30.4 Å². The molecule has 0 bridgehead atoms. The van der Waals surface area contributed by atoms with E-state index in [0.29, 0.717) is 6.54 Å². The van der Waals surface area contributed by atoms with E-state index >= 15 is 0 Å². The largest absolute Gasteiger partial charge is 0.411 e. The molecular formula is C24H24N6O2. The van der Waals surface area contributed by atoms with Gasteiger partial charge in [-0.2, -0.15) is 0 Å². The van der Waals surface area contributed by atoms with E-state index in [1.54, 1.807) is 12.4 Å². The number of oxime groups is 1. The van der Waals surface area contributed by atoms with Crippen molar-refractivity contribution in [3.05, 3.63) is 72.2 Å². The zero-order valence-electron chi connectivity index (χ0n) is 17.7. The van der Waals surface area contributed by atoms with Crippen molar-refractivity contribution < 1.29 is 10.3 Å². The fraction of sp³-hybridized carbons (Fsp3) is 0.208. The lowest BCUT2D eigenvalue weighted by molar-refractivity contribution is 0.304. The molecule has 162 valence electrons. The van der Waals surface area contributed by atoms with Crippen LogP contribution in [-0.4, -0.2) is 50.6 Å². The summed E-state index contributed by atoms with van der Waals surface area (Å²) in [5.41, 5.74) is 7.44. The first-order valence-electron chi connectivity index (χ1n) is 10.5. The highest BCUT2D eigenvalue weighted by molar-refractivity contribution is 6.04. The highest BCUT2D eigenvalue weighted by Gasteiger charge is 2.20. The number of fused-ring (bicyclic) bond motifs is 2. The molecule has 0 atom stereocenters. The highest BCUT2D eigenvalue weighted by atomic mass is 16.4. The van der Waals surface area contributed by atoms with Crippen LogP contribution in [0.5, 0.6) is 0 Å². The van der Waals surface area contributed by atoms with Crippen molar-refractivity contribution in [1.82, 2.24) is 14.4 Å². The van der Waals surface area contributed by atoms with Gasteiger partial charge in [0, 0.05) is 48.5 Å². The summed E-state index contributed by atoms with van der Waals surface area (Å²) >= 11 is 0. The van der Waals surface area contributed by atoms with Gasteiger partial charge in [0.25, 0.3) is 0 Å². The molecule has 0 unspecified atom stereocenters. The van der Waals surface area contributed by atoms with Gasteiger partial charge in [0.2, 0.25) is 0 Å². The van der Waals surface area contributed by atoms with E-state index in [9.17, 15) is 10.3 Å². The molecule has 4 aromatic rings. The molecule has 2 aromatic carbocycles. The summed E-state index contributed by atoms with van der Waals surface area (Å²) in [4.78, 5) is 11.0. The minimum atomic E-state index is 0.109. The Hall–Kier alpha value is -3.91. The molecule has 8 heteroatoms. The Labute approximate surface area is 185 Å². The Morgan fingerprint density at radius 3 is 2.78 bits per heavy atom. The number of aliphatic hydroxyl groups excluding tert-OH is 1. The Morgan fingerprint density at radius 1 is 1.16 bits per heavy atom. The van der Waals surface area contributed by atoms with Gasteiger partial charge in [-0.15, -0.1) is 0 Å². The number of imidazole rings is 1. The van der Waals surface area contributed by atoms with Crippen molar-refractivity contribution in [2.24, 2.45) is 5.16 Å². The first-order valence-corrected chi connectivity index (χ1v) is 10.5. The number of anilines is 3. The number of nitrogens with zero attached hydrogens (tertiary/aromatic N) is 5. The van der Waals surface area contributed by atoms with Gasteiger partial charge in [0.05, 0.1) is 18.5 Å². The number of hydrogen-bond acceptors (Lipinski definition) is 7. The summed E-state index contributed by atoms with van der Waals surface area (Å²) in [5.74, 6) is 0.854. The van der Waals surface area contributed by atoms with E-state index < -0.39 is 0 Å². The molecule has 1 aliphatic carbocycles. The topological polar surface area (TPSA) is 98.3 Å². The van der Waals surface area contributed by atoms with Gasteiger partial charge in [0.1, 0.15) is 11.5 Å². The summed E-state index contributed by atoms with van der Waals surface area (Å²) < 4.78 is 1.99. The van der Waals surface area contributed by atoms with Crippen LogP contribution in [0.25, 0.3) is 16.9 Å². The first-order chi connectivity index (χ1) is 15.7. The van der Waals surface area contributed by atoms with E-state index in [2.05, 4.69) is 21.5 Å². The van der Waals surface area contributed by atoms with Gasteiger partial charge in [-0.1, -0.05) is 23.4 Å². The number of rotatable bonds is 6. The summed E-state index contributed by atoms with van der Waals surface area (Å²) in [6, 6.07) is 14.2. The summed E-state index contributed by atoms with van der Waals surface area (Å²) in [6.45, 7) is 0.686. The third-order valence-electron chi connectivity index (χ3n) is 5.88.